The summed E-state index contributed by atoms with van der Waals surface area (Å²) in [6.07, 6.45) is 1.63. The van der Waals surface area contributed by atoms with E-state index in [1.54, 1.807) is 14.2 Å². The van der Waals surface area contributed by atoms with Gasteiger partial charge in [-0.05, 0) is 32.4 Å². The molecule has 3 heteroatoms. The highest BCUT2D eigenvalue weighted by molar-refractivity contribution is 5.34. The molecule has 0 spiro atoms. The lowest BCUT2D eigenvalue weighted by atomic mass is 9.94. The van der Waals surface area contributed by atoms with Gasteiger partial charge < -0.3 is 15.2 Å². The summed E-state index contributed by atoms with van der Waals surface area (Å²) in [5.41, 5.74) is 9.06. The summed E-state index contributed by atoms with van der Waals surface area (Å²) in [6, 6.07) is 6.32. The first-order valence-corrected chi connectivity index (χ1v) is 5.97. The molecule has 2 N–H and O–H groups in total. The van der Waals surface area contributed by atoms with E-state index in [0.29, 0.717) is 6.54 Å². The van der Waals surface area contributed by atoms with Crippen LogP contribution >= 0.6 is 0 Å². The molecule has 0 saturated carbocycles. The van der Waals surface area contributed by atoms with E-state index in [-0.39, 0.29) is 0 Å². The van der Waals surface area contributed by atoms with E-state index in [1.165, 1.54) is 11.1 Å². The molecule has 0 amide bonds. The van der Waals surface area contributed by atoms with Crippen LogP contribution in [-0.4, -0.2) is 20.8 Å². The van der Waals surface area contributed by atoms with Crippen LogP contribution < -0.4 is 5.73 Å². The third-order valence-corrected chi connectivity index (χ3v) is 3.17. The van der Waals surface area contributed by atoms with Gasteiger partial charge in [-0.25, -0.2) is 0 Å². The van der Waals surface area contributed by atoms with Crippen molar-refractivity contribution in [3.63, 3.8) is 0 Å². The molecule has 0 aliphatic heterocycles. The van der Waals surface area contributed by atoms with Gasteiger partial charge in [0, 0.05) is 26.2 Å². The second-order valence-electron chi connectivity index (χ2n) is 4.37. The van der Waals surface area contributed by atoms with Gasteiger partial charge in [0.25, 0.3) is 0 Å². The predicted octanol–water partition coefficient (Wildman–Crippen LogP) is 2.49. The van der Waals surface area contributed by atoms with Crippen molar-refractivity contribution in [3.8, 4) is 0 Å². The molecule has 0 radical (unpaired) electrons. The normalized spacial score (nSPS) is 11.8. The monoisotopic (exact) mass is 237 g/mol. The maximum atomic E-state index is 5.63. The summed E-state index contributed by atoms with van der Waals surface area (Å²) < 4.78 is 11.3. The van der Waals surface area contributed by atoms with Crippen molar-refractivity contribution in [2.24, 2.45) is 5.73 Å². The Kier molecular flexibility index (Phi) is 5.12. The summed E-state index contributed by atoms with van der Waals surface area (Å²) in [5, 5.41) is 0. The van der Waals surface area contributed by atoms with Crippen molar-refractivity contribution >= 4 is 0 Å². The molecule has 0 saturated heterocycles. The topological polar surface area (TPSA) is 44.5 Å². The van der Waals surface area contributed by atoms with Gasteiger partial charge in [-0.1, -0.05) is 23.8 Å². The Morgan fingerprint density at radius 2 is 1.82 bits per heavy atom. The first-order chi connectivity index (χ1) is 8.09. The van der Waals surface area contributed by atoms with Crippen LogP contribution in [0.15, 0.2) is 18.2 Å². The molecular formula is C14H23NO2. The average molecular weight is 237 g/mol. The van der Waals surface area contributed by atoms with Gasteiger partial charge >= 0.3 is 0 Å². The summed E-state index contributed by atoms with van der Waals surface area (Å²) in [6.45, 7) is 4.78. The van der Waals surface area contributed by atoms with Crippen LogP contribution in [0.2, 0.25) is 0 Å². The number of nitrogens with two attached hydrogens (primary N) is 1. The van der Waals surface area contributed by atoms with Crippen LogP contribution in [0.5, 0.6) is 0 Å². The molecule has 96 valence electrons. The smallest absolute Gasteiger partial charge is 0.194 e. The van der Waals surface area contributed by atoms with Crippen molar-refractivity contribution in [1.82, 2.24) is 0 Å². The third-order valence-electron chi connectivity index (χ3n) is 3.17. The lowest BCUT2D eigenvalue weighted by Gasteiger charge is -2.33. The van der Waals surface area contributed by atoms with E-state index in [2.05, 4.69) is 32.0 Å². The molecule has 3 nitrogen and oxygen atoms in total. The van der Waals surface area contributed by atoms with Crippen LogP contribution in [0, 0.1) is 13.8 Å². The number of methoxy groups -OCH3 is 2. The van der Waals surface area contributed by atoms with Crippen molar-refractivity contribution in [3.05, 3.63) is 34.9 Å². The molecule has 1 rings (SSSR count). The van der Waals surface area contributed by atoms with Crippen LogP contribution in [0.3, 0.4) is 0 Å². The fraction of sp³-hybridized carbons (Fsp3) is 0.571. The van der Waals surface area contributed by atoms with Crippen LogP contribution in [-0.2, 0) is 15.3 Å². The lowest BCUT2D eigenvalue weighted by Crippen LogP contribution is -2.32. The summed E-state index contributed by atoms with van der Waals surface area (Å²) in [4.78, 5) is 0. The highest BCUT2D eigenvalue weighted by Gasteiger charge is 2.32. The Morgan fingerprint density at radius 3 is 2.35 bits per heavy atom. The Bertz CT molecular complexity index is 359. The summed E-state index contributed by atoms with van der Waals surface area (Å²) in [5.74, 6) is -0.671. The van der Waals surface area contributed by atoms with Gasteiger partial charge in [-0.2, -0.15) is 0 Å². The molecule has 1 aromatic carbocycles. The zero-order chi connectivity index (χ0) is 12.9. The minimum Gasteiger partial charge on any atom is -0.349 e. The fourth-order valence-corrected chi connectivity index (χ4v) is 2.12. The second-order valence-corrected chi connectivity index (χ2v) is 4.37. The molecule has 0 fully saturated rings. The van der Waals surface area contributed by atoms with Crippen molar-refractivity contribution < 1.29 is 9.47 Å². The van der Waals surface area contributed by atoms with E-state index in [1.807, 2.05) is 0 Å². The Morgan fingerprint density at radius 1 is 1.18 bits per heavy atom. The molecule has 0 aliphatic carbocycles. The van der Waals surface area contributed by atoms with Crippen LogP contribution in [0.25, 0.3) is 0 Å². The van der Waals surface area contributed by atoms with Crippen LogP contribution in [0.4, 0.5) is 0 Å². The summed E-state index contributed by atoms with van der Waals surface area (Å²) in [7, 11) is 3.36. The molecule has 0 aromatic heterocycles. The van der Waals surface area contributed by atoms with E-state index >= 15 is 0 Å². The largest absolute Gasteiger partial charge is 0.349 e. The quantitative estimate of drug-likeness (QED) is 0.773. The molecule has 0 unspecified atom stereocenters. The Hall–Kier alpha value is -0.900. The van der Waals surface area contributed by atoms with Gasteiger partial charge in [-0.15, -0.1) is 0 Å². The van der Waals surface area contributed by atoms with E-state index in [4.69, 9.17) is 15.2 Å². The minimum absolute atomic E-state index is 0.638. The molecule has 1 aromatic rings. The molecule has 0 heterocycles. The van der Waals surface area contributed by atoms with E-state index < -0.39 is 5.79 Å². The maximum Gasteiger partial charge on any atom is 0.194 e. The van der Waals surface area contributed by atoms with Gasteiger partial charge in [-0.3, -0.25) is 0 Å². The zero-order valence-electron chi connectivity index (χ0n) is 11.2. The molecule has 0 aliphatic rings. The predicted molar refractivity (Wildman–Crippen MR) is 69.9 cm³/mol. The number of hydrogen-bond acceptors (Lipinski definition) is 3. The fourth-order valence-electron chi connectivity index (χ4n) is 2.12. The maximum absolute atomic E-state index is 5.63. The van der Waals surface area contributed by atoms with Gasteiger partial charge in [0.2, 0.25) is 0 Å². The van der Waals surface area contributed by atoms with Crippen molar-refractivity contribution in [1.29, 1.82) is 0 Å². The summed E-state index contributed by atoms with van der Waals surface area (Å²) >= 11 is 0. The highest BCUT2D eigenvalue weighted by atomic mass is 16.7. The average Bonchev–Trinajstić information content (AvgIpc) is 2.35. The van der Waals surface area contributed by atoms with Gasteiger partial charge in [0.05, 0.1) is 0 Å². The standard InChI is InChI=1S/C14H23NO2/c1-11-6-7-12(2)13(10-11)14(16-3,17-4)8-5-9-15/h6-7,10H,5,8-9,15H2,1-4H3. The molecule has 0 bridgehead atoms. The number of benzene rings is 1. The molecule has 0 atom stereocenters. The first kappa shape index (κ1) is 14.2. The highest BCUT2D eigenvalue weighted by Crippen LogP contribution is 2.33. The second kappa shape index (κ2) is 6.15. The van der Waals surface area contributed by atoms with E-state index in [9.17, 15) is 0 Å². The number of hydrogen-bond donors (Lipinski definition) is 1. The van der Waals surface area contributed by atoms with Gasteiger partial charge in [0.15, 0.2) is 5.79 Å². The van der Waals surface area contributed by atoms with E-state index in [0.717, 1.165) is 18.4 Å². The Balaban J connectivity index is 3.15. The molecule has 17 heavy (non-hydrogen) atoms. The SMILES string of the molecule is COC(CCCN)(OC)c1cc(C)ccc1C. The minimum atomic E-state index is -0.671. The molecular weight excluding hydrogens is 214 g/mol. The lowest BCUT2D eigenvalue weighted by molar-refractivity contribution is -0.220. The van der Waals surface area contributed by atoms with Crippen LogP contribution in [0.1, 0.15) is 29.5 Å². The first-order valence-electron chi connectivity index (χ1n) is 5.97. The van der Waals surface area contributed by atoms with Gasteiger partial charge in [0.1, 0.15) is 0 Å². The number of ether oxygens (including phenoxy) is 2. The number of aryl methyl sites for hydroxylation is 2. The Labute approximate surface area is 104 Å². The van der Waals surface area contributed by atoms with Crippen molar-refractivity contribution in [2.45, 2.75) is 32.5 Å². The zero-order valence-corrected chi connectivity index (χ0v) is 11.2. The van der Waals surface area contributed by atoms with Crippen molar-refractivity contribution in [2.75, 3.05) is 20.8 Å². The third kappa shape index (κ3) is 3.06. The number of rotatable bonds is 6.